The molecule has 68 valence electrons. The second-order valence-electron chi connectivity index (χ2n) is 3.02. The molecule has 0 aliphatic rings. The van der Waals surface area contributed by atoms with Crippen molar-refractivity contribution in [2.75, 3.05) is 6.61 Å². The third-order valence-electron chi connectivity index (χ3n) is 1.95. The third-order valence-corrected chi connectivity index (χ3v) is 1.95. The monoisotopic (exact) mass is 168 g/mol. The topological polar surface area (TPSA) is 33.4 Å². The first-order chi connectivity index (χ1) is 5.93. The van der Waals surface area contributed by atoms with Gasteiger partial charge in [-0.2, -0.15) is 0 Å². The molecular formula is C10H16O2. The summed E-state index contributed by atoms with van der Waals surface area (Å²) in [5.41, 5.74) is 1.28. The van der Waals surface area contributed by atoms with Crippen molar-refractivity contribution in [3.63, 3.8) is 0 Å². The van der Waals surface area contributed by atoms with Gasteiger partial charge in [0.05, 0.1) is 12.5 Å². The van der Waals surface area contributed by atoms with Crippen LogP contribution in [0.25, 0.3) is 0 Å². The normalized spacial score (nSPS) is 10.4. The van der Waals surface area contributed by atoms with Crippen molar-refractivity contribution in [1.29, 1.82) is 0 Å². The lowest BCUT2D eigenvalue weighted by atomic mass is 10.1. The molecule has 2 nitrogen and oxygen atoms in total. The Morgan fingerprint density at radius 2 is 2.00 bits per heavy atom. The highest BCUT2D eigenvalue weighted by Gasteiger charge is 1.93. The molecule has 2 heteroatoms. The lowest BCUT2D eigenvalue weighted by Crippen LogP contribution is -1.85. The van der Waals surface area contributed by atoms with Crippen molar-refractivity contribution >= 4 is 0 Å². The Hall–Kier alpha value is -0.760. The highest BCUT2D eigenvalue weighted by atomic mass is 16.3. The average molecular weight is 168 g/mol. The first kappa shape index (κ1) is 9.33. The fraction of sp³-hybridized carbons (Fsp3) is 0.600. The van der Waals surface area contributed by atoms with Crippen molar-refractivity contribution in [1.82, 2.24) is 0 Å². The first-order valence-electron chi connectivity index (χ1n) is 4.55. The molecule has 1 aromatic rings. The van der Waals surface area contributed by atoms with Crippen LogP contribution in [0, 0.1) is 0 Å². The maximum atomic E-state index is 8.53. The second-order valence-corrected chi connectivity index (χ2v) is 3.02. The van der Waals surface area contributed by atoms with Crippen molar-refractivity contribution in [3.8, 4) is 0 Å². The van der Waals surface area contributed by atoms with Crippen molar-refractivity contribution in [3.05, 3.63) is 24.2 Å². The molecule has 0 spiro atoms. The summed E-state index contributed by atoms with van der Waals surface area (Å²) in [4.78, 5) is 0. The van der Waals surface area contributed by atoms with E-state index in [1.165, 1.54) is 18.4 Å². The number of rotatable bonds is 6. The van der Waals surface area contributed by atoms with Crippen LogP contribution in [-0.2, 0) is 6.42 Å². The Morgan fingerprint density at radius 1 is 1.17 bits per heavy atom. The standard InChI is InChI=1S/C10H16O2/c11-7-4-2-1-3-5-10-6-8-12-9-10/h6,8-9,11H,1-5,7H2. The summed E-state index contributed by atoms with van der Waals surface area (Å²) in [5, 5.41) is 8.53. The molecule has 1 aromatic heterocycles. The highest BCUT2D eigenvalue weighted by Crippen LogP contribution is 2.07. The molecule has 1 N–H and O–H groups in total. The lowest BCUT2D eigenvalue weighted by Gasteiger charge is -1.96. The Morgan fingerprint density at radius 3 is 2.67 bits per heavy atom. The molecule has 0 bridgehead atoms. The van der Waals surface area contributed by atoms with E-state index in [-0.39, 0.29) is 0 Å². The Labute approximate surface area is 73.2 Å². The summed E-state index contributed by atoms with van der Waals surface area (Å²) in [6.07, 6.45) is 9.07. The van der Waals surface area contributed by atoms with Crippen LogP contribution in [0.4, 0.5) is 0 Å². The number of aliphatic hydroxyl groups is 1. The Bertz CT molecular complexity index is 180. The van der Waals surface area contributed by atoms with Gasteiger partial charge in [0, 0.05) is 6.61 Å². The molecule has 0 aromatic carbocycles. The van der Waals surface area contributed by atoms with Crippen LogP contribution in [0.3, 0.4) is 0 Å². The zero-order valence-electron chi connectivity index (χ0n) is 7.33. The summed E-state index contributed by atoms with van der Waals surface area (Å²) >= 11 is 0. The predicted octanol–water partition coefficient (Wildman–Crippen LogP) is 2.37. The molecule has 0 radical (unpaired) electrons. The van der Waals surface area contributed by atoms with E-state index in [0.717, 1.165) is 19.3 Å². The van der Waals surface area contributed by atoms with Crippen LogP contribution in [-0.4, -0.2) is 11.7 Å². The number of aryl methyl sites for hydroxylation is 1. The van der Waals surface area contributed by atoms with E-state index >= 15 is 0 Å². The van der Waals surface area contributed by atoms with Crippen LogP contribution in [0.15, 0.2) is 23.0 Å². The number of aliphatic hydroxyl groups excluding tert-OH is 1. The van der Waals surface area contributed by atoms with Gasteiger partial charge in [0.1, 0.15) is 0 Å². The van der Waals surface area contributed by atoms with Gasteiger partial charge in [-0.05, 0) is 30.9 Å². The molecule has 0 fully saturated rings. The van der Waals surface area contributed by atoms with Gasteiger partial charge in [-0.15, -0.1) is 0 Å². The van der Waals surface area contributed by atoms with E-state index in [1.807, 2.05) is 6.07 Å². The maximum absolute atomic E-state index is 8.53. The number of hydrogen-bond donors (Lipinski definition) is 1. The Balaban J connectivity index is 1.96. The van der Waals surface area contributed by atoms with Crippen molar-refractivity contribution in [2.45, 2.75) is 32.1 Å². The van der Waals surface area contributed by atoms with Crippen LogP contribution in [0.2, 0.25) is 0 Å². The van der Waals surface area contributed by atoms with Gasteiger partial charge in [0.25, 0.3) is 0 Å². The summed E-state index contributed by atoms with van der Waals surface area (Å²) in [5.74, 6) is 0. The van der Waals surface area contributed by atoms with Gasteiger partial charge < -0.3 is 9.52 Å². The van der Waals surface area contributed by atoms with Crippen molar-refractivity contribution < 1.29 is 9.52 Å². The fourth-order valence-corrected chi connectivity index (χ4v) is 1.23. The highest BCUT2D eigenvalue weighted by molar-refractivity contribution is 5.04. The molecule has 1 heterocycles. The van der Waals surface area contributed by atoms with E-state index < -0.39 is 0 Å². The van der Waals surface area contributed by atoms with Gasteiger partial charge in [0.15, 0.2) is 0 Å². The molecule has 0 amide bonds. The molecule has 1 rings (SSSR count). The second kappa shape index (κ2) is 5.84. The van der Waals surface area contributed by atoms with Crippen LogP contribution in [0.1, 0.15) is 31.2 Å². The molecule has 0 atom stereocenters. The lowest BCUT2D eigenvalue weighted by molar-refractivity contribution is 0.282. The van der Waals surface area contributed by atoms with E-state index in [1.54, 1.807) is 12.5 Å². The Kier molecular flexibility index (Phi) is 4.54. The first-order valence-corrected chi connectivity index (χ1v) is 4.55. The predicted molar refractivity (Wildman–Crippen MR) is 48.0 cm³/mol. The molecule has 0 saturated heterocycles. The van der Waals surface area contributed by atoms with Gasteiger partial charge in [-0.1, -0.05) is 12.8 Å². The summed E-state index contributed by atoms with van der Waals surface area (Å²) in [6, 6.07) is 2.01. The molecule has 12 heavy (non-hydrogen) atoms. The number of hydrogen-bond acceptors (Lipinski definition) is 2. The zero-order valence-corrected chi connectivity index (χ0v) is 7.33. The van der Waals surface area contributed by atoms with E-state index in [4.69, 9.17) is 9.52 Å². The quantitative estimate of drug-likeness (QED) is 0.661. The van der Waals surface area contributed by atoms with Crippen LogP contribution in [0.5, 0.6) is 0 Å². The van der Waals surface area contributed by atoms with Crippen LogP contribution < -0.4 is 0 Å². The molecular weight excluding hydrogens is 152 g/mol. The zero-order chi connectivity index (χ0) is 8.65. The largest absolute Gasteiger partial charge is 0.472 e. The van der Waals surface area contributed by atoms with Gasteiger partial charge in [-0.3, -0.25) is 0 Å². The van der Waals surface area contributed by atoms with Gasteiger partial charge in [0.2, 0.25) is 0 Å². The fourth-order valence-electron chi connectivity index (χ4n) is 1.23. The minimum Gasteiger partial charge on any atom is -0.472 e. The molecule has 0 aliphatic carbocycles. The summed E-state index contributed by atoms with van der Waals surface area (Å²) < 4.78 is 4.95. The SMILES string of the molecule is OCCCCCCc1ccoc1. The minimum absolute atomic E-state index is 0.325. The maximum Gasteiger partial charge on any atom is 0.0934 e. The molecule has 0 saturated carbocycles. The number of furan rings is 1. The molecule has 0 unspecified atom stereocenters. The number of unbranched alkanes of at least 4 members (excludes halogenated alkanes) is 3. The minimum atomic E-state index is 0.325. The van der Waals surface area contributed by atoms with E-state index in [0.29, 0.717) is 6.61 Å². The summed E-state index contributed by atoms with van der Waals surface area (Å²) in [7, 11) is 0. The van der Waals surface area contributed by atoms with Crippen molar-refractivity contribution in [2.24, 2.45) is 0 Å². The average Bonchev–Trinajstić information content (AvgIpc) is 2.57. The van der Waals surface area contributed by atoms with Gasteiger partial charge in [-0.25, -0.2) is 0 Å². The summed E-state index contributed by atoms with van der Waals surface area (Å²) in [6.45, 7) is 0.325. The smallest absolute Gasteiger partial charge is 0.0934 e. The van der Waals surface area contributed by atoms with E-state index in [2.05, 4.69) is 0 Å². The van der Waals surface area contributed by atoms with E-state index in [9.17, 15) is 0 Å². The third kappa shape index (κ3) is 3.58. The van der Waals surface area contributed by atoms with Gasteiger partial charge >= 0.3 is 0 Å². The molecule has 0 aliphatic heterocycles. The van der Waals surface area contributed by atoms with Crippen LogP contribution >= 0.6 is 0 Å².